The van der Waals surface area contributed by atoms with E-state index in [1.807, 2.05) is 0 Å². The summed E-state index contributed by atoms with van der Waals surface area (Å²) in [6, 6.07) is 5.24. The van der Waals surface area contributed by atoms with Crippen molar-refractivity contribution in [3.05, 3.63) is 6.92 Å². The van der Waals surface area contributed by atoms with Crippen molar-refractivity contribution in [2.75, 3.05) is 0 Å². The maximum Gasteiger partial charge on any atom is 0.178 e. The minimum Gasteiger partial charge on any atom is -0.415 e. The summed E-state index contributed by atoms with van der Waals surface area (Å²) in [7, 11) is -6.13. The van der Waals surface area contributed by atoms with Crippen molar-refractivity contribution >= 4 is 30.1 Å². The summed E-state index contributed by atoms with van der Waals surface area (Å²) in [5, 5.41) is 0. The van der Waals surface area contributed by atoms with Gasteiger partial charge in [0, 0.05) is 0 Å². The van der Waals surface area contributed by atoms with E-state index in [1.54, 1.807) is 0 Å². The van der Waals surface area contributed by atoms with Crippen LogP contribution in [0, 0.1) is 6.92 Å². The van der Waals surface area contributed by atoms with E-state index in [4.69, 9.17) is 13.3 Å². The number of hydrogen-bond acceptors (Lipinski definition) is 3. The molecule has 0 N–H and O–H groups in total. The molecule has 7 heteroatoms. The Bertz CT molecular complexity index is 584. The normalized spacial score (nSPS) is 42.0. The van der Waals surface area contributed by atoms with Gasteiger partial charge in [-0.1, -0.05) is 38.7 Å². The van der Waals surface area contributed by atoms with Crippen LogP contribution in [0.5, 0.6) is 0 Å². The topological polar surface area (TPSA) is 27.7 Å². The Morgan fingerprint density at radius 3 is 1.16 bits per heavy atom. The summed E-state index contributed by atoms with van der Waals surface area (Å²) < 4.78 is 22.3. The molecule has 3 nitrogen and oxygen atoms in total. The molecule has 0 aromatic carbocycles. The molecule has 3 atom stereocenters. The van der Waals surface area contributed by atoms with Gasteiger partial charge in [-0.25, -0.2) is 0 Å². The van der Waals surface area contributed by atoms with E-state index in [1.165, 1.54) is 62.7 Å². The summed E-state index contributed by atoms with van der Waals surface area (Å²) in [5.41, 5.74) is 0.00753. The Hall–Kier alpha value is 0.748. The van der Waals surface area contributed by atoms with Gasteiger partial charge in [-0.2, -0.15) is 0 Å². The van der Waals surface area contributed by atoms with Crippen LogP contribution in [0.1, 0.15) is 86.5 Å². The molecule has 3 aliphatic rings. The van der Waals surface area contributed by atoms with Crippen molar-refractivity contribution in [1.82, 2.24) is 0 Å². The van der Waals surface area contributed by atoms with Crippen LogP contribution < -0.4 is 0 Å². The van der Waals surface area contributed by atoms with Crippen LogP contribution >= 0.6 is 0 Å². The van der Waals surface area contributed by atoms with Crippen LogP contribution in [-0.2, 0) is 13.3 Å². The van der Waals surface area contributed by atoms with E-state index in [9.17, 15) is 0 Å². The van der Waals surface area contributed by atoms with Crippen molar-refractivity contribution in [3.63, 3.8) is 0 Å². The number of hydrogen-bond donors (Lipinski definition) is 0. The zero-order valence-electron chi connectivity index (χ0n) is 22.2. The minimum absolute atomic E-state index is 0.00251. The fraction of sp³-hybridized carbons (Fsp3) is 0.958. The van der Waals surface area contributed by atoms with Crippen molar-refractivity contribution in [3.8, 4) is 0 Å². The molecular formula is C24H51O3Si4. The third-order valence-electron chi connectivity index (χ3n) is 9.06. The van der Waals surface area contributed by atoms with Gasteiger partial charge in [0.15, 0.2) is 23.5 Å². The Morgan fingerprint density at radius 1 is 0.645 bits per heavy atom. The summed E-state index contributed by atoms with van der Waals surface area (Å²) >= 11 is 0. The standard InChI is InChI=1S/C24H51O3Si4/c1-11-18-31(28(8)19-12-15-22(2,3)25-28,29(9)20-13-16-23(4,5)26-29)30(10)21-14-17-24(6,7)27-30/h1,11-21H2,2-10H3. The highest BCUT2D eigenvalue weighted by atomic mass is 29.9. The van der Waals surface area contributed by atoms with E-state index < -0.39 is 30.1 Å². The molecule has 3 saturated heterocycles. The molecule has 0 aromatic rings. The molecule has 3 fully saturated rings. The summed E-state index contributed by atoms with van der Waals surface area (Å²) in [6.45, 7) is 24.5. The van der Waals surface area contributed by atoms with E-state index in [2.05, 4.69) is 68.1 Å². The van der Waals surface area contributed by atoms with Gasteiger partial charge in [0.05, 0.1) is 16.8 Å². The van der Waals surface area contributed by atoms with E-state index in [-0.39, 0.29) is 16.8 Å². The van der Waals surface area contributed by atoms with Crippen LogP contribution in [-0.4, -0.2) is 46.9 Å². The first kappa shape index (κ1) is 26.4. The second-order valence-electron chi connectivity index (χ2n) is 13.3. The molecule has 0 spiro atoms. The van der Waals surface area contributed by atoms with Gasteiger partial charge in [-0.3, -0.25) is 0 Å². The lowest BCUT2D eigenvalue weighted by Gasteiger charge is -2.66. The van der Waals surface area contributed by atoms with Gasteiger partial charge in [-0.15, -0.1) is 0 Å². The summed E-state index contributed by atoms with van der Waals surface area (Å²) in [6.07, 6.45) is 8.58. The van der Waals surface area contributed by atoms with Gasteiger partial charge in [0.2, 0.25) is 0 Å². The Kier molecular flexibility index (Phi) is 7.18. The molecule has 0 aliphatic carbocycles. The van der Waals surface area contributed by atoms with Crippen LogP contribution in [0.15, 0.2) is 0 Å². The molecule has 181 valence electrons. The average molecular weight is 500 g/mol. The van der Waals surface area contributed by atoms with Gasteiger partial charge in [0.25, 0.3) is 0 Å². The Labute approximate surface area is 197 Å². The lowest BCUT2D eigenvalue weighted by atomic mass is 10.0. The van der Waals surface area contributed by atoms with Gasteiger partial charge in [0.1, 0.15) is 6.63 Å². The van der Waals surface area contributed by atoms with Crippen molar-refractivity contribution in [1.29, 1.82) is 0 Å². The average Bonchev–Trinajstić information content (AvgIpc) is 2.55. The molecular weight excluding hydrogens is 449 g/mol. The van der Waals surface area contributed by atoms with E-state index in [0.29, 0.717) is 0 Å². The number of rotatable bonds is 5. The molecule has 3 aliphatic heterocycles. The van der Waals surface area contributed by atoms with Gasteiger partial charge in [-0.05, 0) is 98.6 Å². The molecule has 3 heterocycles. The molecule has 0 amide bonds. The van der Waals surface area contributed by atoms with Crippen LogP contribution in [0.25, 0.3) is 0 Å². The largest absolute Gasteiger partial charge is 0.415 e. The Balaban J connectivity index is 2.25. The van der Waals surface area contributed by atoms with Gasteiger partial charge < -0.3 is 13.3 Å². The van der Waals surface area contributed by atoms with Gasteiger partial charge >= 0.3 is 0 Å². The van der Waals surface area contributed by atoms with Crippen molar-refractivity contribution < 1.29 is 13.3 Å². The summed E-state index contributed by atoms with van der Waals surface area (Å²) in [5.74, 6) is 0. The quantitative estimate of drug-likeness (QED) is 0.369. The fourth-order valence-electron chi connectivity index (χ4n) is 8.33. The first-order chi connectivity index (χ1) is 14.1. The third kappa shape index (κ3) is 4.67. The smallest absolute Gasteiger partial charge is 0.178 e. The molecule has 0 saturated carbocycles. The van der Waals surface area contributed by atoms with Crippen LogP contribution in [0.3, 0.4) is 0 Å². The SMILES string of the molecule is [CH2]CC[Si]([Si]1(C)CCCC(C)(C)O1)([Si]1(C)CCCC(C)(C)O1)[Si]1(C)CCCC(C)(C)O1. The van der Waals surface area contributed by atoms with Crippen LogP contribution in [0.4, 0.5) is 0 Å². The maximum absolute atomic E-state index is 7.43. The van der Waals surface area contributed by atoms with Crippen LogP contribution in [0.2, 0.25) is 43.8 Å². The molecule has 0 bridgehead atoms. The van der Waals surface area contributed by atoms with Crippen molar-refractivity contribution in [2.45, 2.75) is 147 Å². The minimum atomic E-state index is -2.04. The zero-order valence-corrected chi connectivity index (χ0v) is 26.2. The first-order valence-corrected chi connectivity index (χ1v) is 26.0. The molecule has 0 aromatic heterocycles. The highest BCUT2D eigenvalue weighted by Gasteiger charge is 2.76. The molecule has 3 unspecified atom stereocenters. The monoisotopic (exact) mass is 499 g/mol. The highest BCUT2D eigenvalue weighted by Crippen LogP contribution is 2.55. The maximum atomic E-state index is 7.43. The third-order valence-corrected chi connectivity index (χ3v) is 72.7. The second kappa shape index (κ2) is 8.45. The van der Waals surface area contributed by atoms with E-state index >= 15 is 0 Å². The molecule has 3 rings (SSSR count). The lowest BCUT2D eigenvalue weighted by Crippen LogP contribution is -2.91. The molecule has 1 radical (unpaired) electrons. The highest BCUT2D eigenvalue weighted by molar-refractivity contribution is 7.87. The predicted octanol–water partition coefficient (Wildman–Crippen LogP) is 7.39. The first-order valence-electron chi connectivity index (χ1n) is 12.9. The fourth-order valence-corrected chi connectivity index (χ4v) is 88.0. The zero-order chi connectivity index (χ0) is 23.4. The van der Waals surface area contributed by atoms with E-state index in [0.717, 1.165) is 6.42 Å². The summed E-state index contributed by atoms with van der Waals surface area (Å²) in [4.78, 5) is 0. The lowest BCUT2D eigenvalue weighted by molar-refractivity contribution is 0.0679. The predicted molar refractivity (Wildman–Crippen MR) is 143 cm³/mol. The molecule has 31 heavy (non-hydrogen) atoms. The second-order valence-corrected chi connectivity index (χ2v) is 46.9. The Morgan fingerprint density at radius 2 is 0.935 bits per heavy atom. The van der Waals surface area contributed by atoms with Crippen molar-refractivity contribution in [2.24, 2.45) is 0 Å².